The Morgan fingerprint density at radius 2 is 2.13 bits per heavy atom. The molecule has 1 aliphatic rings. The second-order valence-electron chi connectivity index (χ2n) is 5.56. The Morgan fingerprint density at radius 3 is 2.70 bits per heavy atom. The van der Waals surface area contributed by atoms with E-state index in [1.807, 2.05) is 0 Å². The third-order valence-electron chi connectivity index (χ3n) is 4.24. The Morgan fingerprint density at radius 1 is 1.43 bits per heavy atom. The highest BCUT2D eigenvalue weighted by Gasteiger charge is 2.67. The van der Waals surface area contributed by atoms with Crippen LogP contribution in [0.3, 0.4) is 0 Å². The van der Waals surface area contributed by atoms with Crippen molar-refractivity contribution in [2.75, 3.05) is 18.9 Å². The molecule has 0 radical (unpaired) electrons. The summed E-state index contributed by atoms with van der Waals surface area (Å²) in [5.41, 5.74) is 3.76. The molecule has 1 aliphatic heterocycles. The normalized spacial score (nSPS) is 30.2. The number of aromatic nitrogens is 4. The molecule has 0 spiro atoms. The lowest BCUT2D eigenvalue weighted by atomic mass is 9.80. The summed E-state index contributed by atoms with van der Waals surface area (Å²) in [7, 11) is 0. The molecule has 2 aromatic heterocycles. The molecular formula is C12H14ClF2N5O3. The first kappa shape index (κ1) is 16.2. The van der Waals surface area contributed by atoms with E-state index in [1.165, 1.54) is 0 Å². The summed E-state index contributed by atoms with van der Waals surface area (Å²) in [5, 5.41) is 18.5. The van der Waals surface area contributed by atoms with Crippen LogP contribution in [0.2, 0.25) is 5.28 Å². The van der Waals surface area contributed by atoms with E-state index in [4.69, 9.17) is 22.1 Å². The van der Waals surface area contributed by atoms with Crippen molar-refractivity contribution in [3.05, 3.63) is 11.6 Å². The van der Waals surface area contributed by atoms with E-state index in [1.54, 1.807) is 0 Å². The molecule has 0 saturated carbocycles. The van der Waals surface area contributed by atoms with E-state index >= 15 is 0 Å². The number of anilines is 1. The number of ether oxygens (including phenoxy) is 1. The summed E-state index contributed by atoms with van der Waals surface area (Å²) in [6, 6.07) is 0. The fraction of sp³-hybridized carbons (Fsp3) is 0.583. The minimum atomic E-state index is -3.50. The number of aliphatic hydroxyl groups excluding tert-OH is 2. The molecule has 4 N–H and O–H groups in total. The van der Waals surface area contributed by atoms with E-state index in [0.29, 0.717) is 0 Å². The van der Waals surface area contributed by atoms with Gasteiger partial charge in [0.2, 0.25) is 11.5 Å². The summed E-state index contributed by atoms with van der Waals surface area (Å²) in [6.45, 7) is -0.400. The summed E-state index contributed by atoms with van der Waals surface area (Å²) >= 11 is 5.72. The molecule has 0 amide bonds. The van der Waals surface area contributed by atoms with Gasteiger partial charge >= 0.3 is 5.92 Å². The number of hydrogen-bond donors (Lipinski definition) is 3. The van der Waals surface area contributed by atoms with Gasteiger partial charge in [-0.3, -0.25) is 4.57 Å². The third kappa shape index (κ3) is 2.09. The second kappa shape index (κ2) is 5.20. The van der Waals surface area contributed by atoms with Gasteiger partial charge in [0.15, 0.2) is 11.5 Å². The summed E-state index contributed by atoms with van der Waals surface area (Å²) in [5.74, 6) is -3.56. The first-order valence-electron chi connectivity index (χ1n) is 6.66. The molecule has 3 rings (SSSR count). The lowest BCUT2D eigenvalue weighted by Crippen LogP contribution is -2.47. The van der Waals surface area contributed by atoms with Crippen molar-refractivity contribution in [1.82, 2.24) is 19.5 Å². The lowest BCUT2D eigenvalue weighted by Gasteiger charge is -2.32. The van der Waals surface area contributed by atoms with Crippen LogP contribution >= 0.6 is 11.6 Å². The number of nitrogens with zero attached hydrogens (tertiary/aromatic N) is 4. The summed E-state index contributed by atoms with van der Waals surface area (Å²) < 4.78 is 35.9. The van der Waals surface area contributed by atoms with Crippen LogP contribution in [0.15, 0.2) is 6.33 Å². The van der Waals surface area contributed by atoms with Crippen LogP contribution in [-0.4, -0.2) is 55.0 Å². The number of aliphatic hydroxyl groups is 2. The number of imidazole rings is 1. The minimum Gasteiger partial charge on any atom is -0.395 e. The molecule has 1 fully saturated rings. The van der Waals surface area contributed by atoms with Crippen LogP contribution in [0.5, 0.6) is 0 Å². The molecular weight excluding hydrogens is 336 g/mol. The van der Waals surface area contributed by atoms with Crippen molar-refractivity contribution >= 4 is 28.6 Å². The summed E-state index contributed by atoms with van der Waals surface area (Å²) in [6.07, 6.45) is -2.01. The number of nitrogen functional groups attached to an aromatic ring is 1. The van der Waals surface area contributed by atoms with Gasteiger partial charge in [-0.05, 0) is 18.5 Å². The van der Waals surface area contributed by atoms with Crippen LogP contribution in [0.4, 0.5) is 14.6 Å². The maximum atomic E-state index is 14.8. The second-order valence-corrected chi connectivity index (χ2v) is 5.90. The molecule has 3 atom stereocenters. The Balaban J connectivity index is 2.16. The van der Waals surface area contributed by atoms with Crippen molar-refractivity contribution in [1.29, 1.82) is 0 Å². The van der Waals surface area contributed by atoms with Gasteiger partial charge in [-0.1, -0.05) is 0 Å². The molecule has 0 bridgehead atoms. The first-order chi connectivity index (χ1) is 10.8. The zero-order valence-corrected chi connectivity index (χ0v) is 12.7. The monoisotopic (exact) mass is 349 g/mol. The zero-order valence-electron chi connectivity index (χ0n) is 11.9. The van der Waals surface area contributed by atoms with Crippen LogP contribution in [-0.2, 0) is 4.74 Å². The van der Waals surface area contributed by atoms with Crippen LogP contribution in [0.1, 0.15) is 13.2 Å². The van der Waals surface area contributed by atoms with Gasteiger partial charge in [-0.2, -0.15) is 9.97 Å². The Labute approximate surface area is 133 Å². The zero-order chi connectivity index (χ0) is 17.0. The number of halogens is 3. The predicted molar refractivity (Wildman–Crippen MR) is 75.9 cm³/mol. The number of rotatable bonds is 3. The first-order valence-corrected chi connectivity index (χ1v) is 7.04. The number of fused-ring (bicyclic) bond motifs is 1. The van der Waals surface area contributed by atoms with Gasteiger partial charge in [0.25, 0.3) is 0 Å². The third-order valence-corrected chi connectivity index (χ3v) is 4.41. The van der Waals surface area contributed by atoms with Crippen molar-refractivity contribution in [2.24, 2.45) is 5.41 Å². The van der Waals surface area contributed by atoms with Crippen molar-refractivity contribution in [3.63, 3.8) is 0 Å². The molecule has 1 saturated heterocycles. The van der Waals surface area contributed by atoms with Gasteiger partial charge in [0.1, 0.15) is 5.52 Å². The maximum absolute atomic E-state index is 14.8. The van der Waals surface area contributed by atoms with Crippen LogP contribution < -0.4 is 5.73 Å². The van der Waals surface area contributed by atoms with Gasteiger partial charge in [0.05, 0.1) is 31.1 Å². The van der Waals surface area contributed by atoms with Crippen LogP contribution in [0.25, 0.3) is 11.2 Å². The standard InChI is InChI=1S/C12H14ClF2N5O3/c1-11(3-22)5(2-21)23-9(12(11,14)15)20-4-17-6-7(16)18-10(13)19-8(6)20/h4-5,9,21-22H,2-3H2,1H3,(H2,16,18,19)/t5-,9-,11-/m1/s1. The highest BCUT2D eigenvalue weighted by molar-refractivity contribution is 6.28. The maximum Gasteiger partial charge on any atom is 0.302 e. The van der Waals surface area contributed by atoms with Crippen molar-refractivity contribution in [2.45, 2.75) is 25.2 Å². The average Bonchev–Trinajstić information content (AvgIpc) is 2.98. The minimum absolute atomic E-state index is 0.0222. The Bertz CT molecular complexity index is 758. The predicted octanol–water partition coefficient (Wildman–Crippen LogP) is 0.585. The van der Waals surface area contributed by atoms with Crippen LogP contribution in [0, 0.1) is 5.41 Å². The number of alkyl halides is 2. The van der Waals surface area contributed by atoms with E-state index < -0.39 is 36.9 Å². The largest absolute Gasteiger partial charge is 0.395 e. The van der Waals surface area contributed by atoms with Gasteiger partial charge in [-0.25, -0.2) is 13.8 Å². The summed E-state index contributed by atoms with van der Waals surface area (Å²) in [4.78, 5) is 11.5. The van der Waals surface area contributed by atoms with Crippen molar-refractivity contribution < 1.29 is 23.7 Å². The number of nitrogens with two attached hydrogens (primary N) is 1. The van der Waals surface area contributed by atoms with Gasteiger partial charge < -0.3 is 20.7 Å². The molecule has 3 heterocycles. The quantitative estimate of drug-likeness (QED) is 0.693. The van der Waals surface area contributed by atoms with Gasteiger partial charge in [-0.15, -0.1) is 0 Å². The van der Waals surface area contributed by atoms with E-state index in [-0.39, 0.29) is 22.3 Å². The Kier molecular flexibility index (Phi) is 3.67. The fourth-order valence-electron chi connectivity index (χ4n) is 2.66. The smallest absolute Gasteiger partial charge is 0.302 e. The highest BCUT2D eigenvalue weighted by atomic mass is 35.5. The van der Waals surface area contributed by atoms with Crippen molar-refractivity contribution in [3.8, 4) is 0 Å². The lowest BCUT2D eigenvalue weighted by molar-refractivity contribution is -0.152. The molecule has 2 aromatic rings. The average molecular weight is 350 g/mol. The highest BCUT2D eigenvalue weighted by Crippen LogP contribution is 2.55. The van der Waals surface area contributed by atoms with E-state index in [9.17, 15) is 19.0 Å². The topological polar surface area (TPSA) is 119 Å². The molecule has 126 valence electrons. The SMILES string of the molecule is C[C@@]1(CO)[C@@H](CO)O[C@@H](n2cnc3c(N)nc(Cl)nc32)C1(F)F. The molecule has 23 heavy (non-hydrogen) atoms. The molecule has 8 nitrogen and oxygen atoms in total. The molecule has 0 aliphatic carbocycles. The van der Waals surface area contributed by atoms with E-state index in [2.05, 4.69) is 15.0 Å². The van der Waals surface area contributed by atoms with Gasteiger partial charge in [0, 0.05) is 0 Å². The van der Waals surface area contributed by atoms with E-state index in [0.717, 1.165) is 17.8 Å². The molecule has 11 heteroatoms. The molecule has 0 aromatic carbocycles. The Hall–Kier alpha value is -1.62. The molecule has 0 unspecified atom stereocenters. The fourth-order valence-corrected chi connectivity index (χ4v) is 2.83. The number of hydrogen-bond acceptors (Lipinski definition) is 7.